The van der Waals surface area contributed by atoms with Crippen molar-refractivity contribution < 1.29 is 4.42 Å². The van der Waals surface area contributed by atoms with Gasteiger partial charge in [-0.25, -0.2) is 4.79 Å². The number of nitrogens with zero attached hydrogens (tertiary/aromatic N) is 1. The van der Waals surface area contributed by atoms with Crippen LogP contribution in [0.2, 0.25) is 5.02 Å². The van der Waals surface area contributed by atoms with Gasteiger partial charge in [0.15, 0.2) is 5.58 Å². The predicted molar refractivity (Wildman–Crippen MR) is 67.0 cm³/mol. The molecule has 1 aromatic carbocycles. The zero-order valence-corrected chi connectivity index (χ0v) is 9.47. The molecule has 17 heavy (non-hydrogen) atoms. The average molecular weight is 250 g/mol. The molecule has 1 aromatic heterocycles. The van der Waals surface area contributed by atoms with Gasteiger partial charge in [0, 0.05) is 11.5 Å². The Balaban J connectivity index is 2.22. The number of hydrogen-bond acceptors (Lipinski definition) is 5. The molecule has 0 unspecified atom stereocenters. The molecule has 0 aliphatic carbocycles. The molecule has 0 saturated carbocycles. The van der Waals surface area contributed by atoms with E-state index in [0.29, 0.717) is 17.3 Å². The van der Waals surface area contributed by atoms with E-state index in [1.165, 1.54) is 6.07 Å². The lowest BCUT2D eigenvalue weighted by atomic mass is 10.1. The molecule has 0 radical (unpaired) electrons. The number of anilines is 3. The van der Waals surface area contributed by atoms with Gasteiger partial charge in [0.05, 0.1) is 29.7 Å². The van der Waals surface area contributed by atoms with Crippen LogP contribution in [0.5, 0.6) is 0 Å². The summed E-state index contributed by atoms with van der Waals surface area (Å²) >= 11 is 6.08. The largest absolute Gasteiger partial charge is 0.420 e. The first-order valence-corrected chi connectivity index (χ1v) is 5.65. The zero-order valence-electron chi connectivity index (χ0n) is 8.71. The molecule has 6 heteroatoms. The lowest BCUT2D eigenvalue weighted by Gasteiger charge is -2.07. The predicted octanol–water partition coefficient (Wildman–Crippen LogP) is 2.02. The lowest BCUT2D eigenvalue weighted by Crippen LogP contribution is -2.23. The summed E-state index contributed by atoms with van der Waals surface area (Å²) in [6.45, 7) is 1.47. The molecule has 3 heterocycles. The molecule has 2 aliphatic heterocycles. The minimum atomic E-state index is -0.426. The summed E-state index contributed by atoms with van der Waals surface area (Å²) < 4.78 is 5.26. The number of hydrogen-bond donors (Lipinski definition) is 2. The Bertz CT molecular complexity index is 710. The first kappa shape index (κ1) is 9.18. The third-order valence-electron chi connectivity index (χ3n) is 3.18. The summed E-state index contributed by atoms with van der Waals surface area (Å²) in [5, 5.41) is 7.69. The normalized spacial score (nSPS) is 15.9. The summed E-state index contributed by atoms with van der Waals surface area (Å²) in [5.41, 5.74) is 3.04. The number of rotatable bonds is 0. The summed E-state index contributed by atoms with van der Waals surface area (Å²) in [6.07, 6.45) is 0. The Labute approximate surface area is 101 Å². The Morgan fingerprint density at radius 3 is 3.00 bits per heavy atom. The van der Waals surface area contributed by atoms with Crippen molar-refractivity contribution in [3.05, 3.63) is 27.6 Å². The van der Waals surface area contributed by atoms with Crippen LogP contribution in [-0.2, 0) is 0 Å². The highest BCUT2D eigenvalue weighted by atomic mass is 35.5. The van der Waals surface area contributed by atoms with Crippen molar-refractivity contribution in [2.24, 2.45) is 0 Å². The van der Waals surface area contributed by atoms with Crippen molar-refractivity contribution in [2.75, 3.05) is 28.9 Å². The maximum Gasteiger partial charge on any atom is 0.337 e. The molecule has 0 saturated heterocycles. The lowest BCUT2D eigenvalue weighted by molar-refractivity contribution is 0.562. The van der Waals surface area contributed by atoms with E-state index < -0.39 is 5.63 Å². The second-order valence-corrected chi connectivity index (χ2v) is 4.55. The van der Waals surface area contributed by atoms with Gasteiger partial charge >= 0.3 is 5.63 Å². The molecule has 2 aliphatic rings. The highest BCUT2D eigenvalue weighted by Gasteiger charge is 2.30. The van der Waals surface area contributed by atoms with Crippen LogP contribution in [0.3, 0.4) is 0 Å². The van der Waals surface area contributed by atoms with E-state index in [1.54, 1.807) is 0 Å². The molecule has 0 atom stereocenters. The SMILES string of the molecule is O=c1cc(Cl)c2cc3c4c(c2o1)NCN4CN3. The molecule has 2 aromatic rings. The summed E-state index contributed by atoms with van der Waals surface area (Å²) in [7, 11) is 0. The monoisotopic (exact) mass is 249 g/mol. The van der Waals surface area contributed by atoms with Crippen LogP contribution in [-0.4, -0.2) is 13.3 Å². The van der Waals surface area contributed by atoms with Crippen LogP contribution < -0.4 is 21.2 Å². The van der Waals surface area contributed by atoms with Crippen LogP contribution in [0.4, 0.5) is 17.1 Å². The maximum absolute atomic E-state index is 11.4. The van der Waals surface area contributed by atoms with Gasteiger partial charge in [-0.1, -0.05) is 11.6 Å². The van der Waals surface area contributed by atoms with E-state index in [4.69, 9.17) is 16.0 Å². The van der Waals surface area contributed by atoms with Crippen LogP contribution in [0.15, 0.2) is 21.3 Å². The van der Waals surface area contributed by atoms with Gasteiger partial charge in [0.1, 0.15) is 5.69 Å². The first-order valence-electron chi connectivity index (χ1n) is 5.27. The smallest absolute Gasteiger partial charge is 0.337 e. The highest BCUT2D eigenvalue weighted by molar-refractivity contribution is 6.36. The molecule has 4 rings (SSSR count). The second-order valence-electron chi connectivity index (χ2n) is 4.15. The molecule has 0 fully saturated rings. The first-order chi connectivity index (χ1) is 8.24. The molecule has 5 nitrogen and oxygen atoms in total. The fraction of sp³-hybridized carbons (Fsp3) is 0.182. The number of fused-ring (bicyclic) bond motifs is 2. The van der Waals surface area contributed by atoms with Crippen molar-refractivity contribution in [3.8, 4) is 0 Å². The van der Waals surface area contributed by atoms with Crippen LogP contribution in [0.1, 0.15) is 0 Å². The Kier molecular flexibility index (Phi) is 1.55. The van der Waals surface area contributed by atoms with Crippen molar-refractivity contribution in [3.63, 3.8) is 0 Å². The second kappa shape index (κ2) is 2.87. The standard InChI is InChI=1S/C11H8ClN3O2/c12-6-2-8(16)17-11-5(6)1-7-10-9(11)14-4-15(10)3-13-7/h1-2,13-14H,3-4H2. The number of halogens is 1. The fourth-order valence-corrected chi connectivity index (χ4v) is 2.68. The van der Waals surface area contributed by atoms with Crippen LogP contribution in [0.25, 0.3) is 11.0 Å². The minimum absolute atomic E-state index is 0.421. The molecule has 0 spiro atoms. The Morgan fingerprint density at radius 1 is 1.29 bits per heavy atom. The van der Waals surface area contributed by atoms with E-state index in [9.17, 15) is 4.79 Å². The van der Waals surface area contributed by atoms with Gasteiger partial charge in [0.2, 0.25) is 0 Å². The Hall–Kier alpha value is -1.88. The number of nitrogens with one attached hydrogen (secondary N) is 2. The quantitative estimate of drug-likeness (QED) is 0.700. The molecule has 86 valence electrons. The molecule has 2 N–H and O–H groups in total. The van der Waals surface area contributed by atoms with Gasteiger partial charge < -0.3 is 20.0 Å². The maximum atomic E-state index is 11.4. The molecule has 0 amide bonds. The third-order valence-corrected chi connectivity index (χ3v) is 3.49. The van der Waals surface area contributed by atoms with Gasteiger partial charge in [-0.05, 0) is 6.07 Å². The summed E-state index contributed by atoms with van der Waals surface area (Å²) in [4.78, 5) is 13.5. The molecular formula is C11H8ClN3O2. The van der Waals surface area contributed by atoms with Crippen molar-refractivity contribution >= 4 is 39.6 Å². The zero-order chi connectivity index (χ0) is 11.6. The van der Waals surface area contributed by atoms with E-state index in [-0.39, 0.29) is 0 Å². The topological polar surface area (TPSA) is 57.5 Å². The van der Waals surface area contributed by atoms with Gasteiger partial charge in [-0.3, -0.25) is 0 Å². The van der Waals surface area contributed by atoms with E-state index >= 15 is 0 Å². The fourth-order valence-electron chi connectivity index (χ4n) is 2.45. The van der Waals surface area contributed by atoms with E-state index in [0.717, 1.165) is 29.1 Å². The minimum Gasteiger partial charge on any atom is -0.420 e. The van der Waals surface area contributed by atoms with Crippen LogP contribution >= 0.6 is 11.6 Å². The van der Waals surface area contributed by atoms with Crippen molar-refractivity contribution in [1.82, 2.24) is 0 Å². The van der Waals surface area contributed by atoms with Gasteiger partial charge in [0.25, 0.3) is 0 Å². The molecule has 0 bridgehead atoms. The highest BCUT2D eigenvalue weighted by Crippen LogP contribution is 2.47. The third kappa shape index (κ3) is 1.07. The summed E-state index contributed by atoms with van der Waals surface area (Å²) in [5.74, 6) is 0. The van der Waals surface area contributed by atoms with Gasteiger partial charge in [-0.15, -0.1) is 0 Å². The van der Waals surface area contributed by atoms with Crippen molar-refractivity contribution in [1.29, 1.82) is 0 Å². The van der Waals surface area contributed by atoms with E-state index in [2.05, 4.69) is 15.5 Å². The average Bonchev–Trinajstić information content (AvgIpc) is 2.86. The summed E-state index contributed by atoms with van der Waals surface area (Å²) in [6, 6.07) is 3.22. The number of benzene rings is 1. The van der Waals surface area contributed by atoms with Gasteiger partial charge in [-0.2, -0.15) is 0 Å². The Morgan fingerprint density at radius 2 is 2.12 bits per heavy atom. The molecular weight excluding hydrogens is 242 g/mol. The van der Waals surface area contributed by atoms with Crippen molar-refractivity contribution in [2.45, 2.75) is 0 Å². The van der Waals surface area contributed by atoms with Crippen LogP contribution in [0, 0.1) is 0 Å². The van der Waals surface area contributed by atoms with E-state index in [1.807, 2.05) is 6.07 Å².